The van der Waals surface area contributed by atoms with Gasteiger partial charge < -0.3 is 10.1 Å². The molecule has 0 radical (unpaired) electrons. The highest BCUT2D eigenvalue weighted by molar-refractivity contribution is 9.10. The highest BCUT2D eigenvalue weighted by Gasteiger charge is 2.04. The van der Waals surface area contributed by atoms with E-state index in [1.54, 1.807) is 7.11 Å². The smallest absolute Gasteiger partial charge is 0.208 e. The van der Waals surface area contributed by atoms with Crippen molar-refractivity contribution in [3.63, 3.8) is 0 Å². The first-order chi connectivity index (χ1) is 7.69. The Morgan fingerprint density at radius 1 is 1.56 bits per heavy atom. The Labute approximate surface area is 110 Å². The maximum atomic E-state index is 5.15. The maximum absolute atomic E-state index is 5.15. The summed E-state index contributed by atoms with van der Waals surface area (Å²) in [6.07, 6.45) is 0. The van der Waals surface area contributed by atoms with Crippen LogP contribution >= 0.6 is 39.5 Å². The number of hydrogen-bond donors (Lipinski definition) is 2. The fourth-order valence-corrected chi connectivity index (χ4v) is 2.27. The molecule has 0 saturated heterocycles. The van der Waals surface area contributed by atoms with Crippen molar-refractivity contribution in [3.05, 3.63) is 26.6 Å². The van der Waals surface area contributed by atoms with Crippen LogP contribution in [-0.2, 0) is 0 Å². The van der Waals surface area contributed by atoms with E-state index in [1.165, 1.54) is 11.3 Å². The maximum Gasteiger partial charge on any atom is 0.208 e. The van der Waals surface area contributed by atoms with Crippen molar-refractivity contribution in [2.24, 2.45) is 0 Å². The van der Waals surface area contributed by atoms with Gasteiger partial charge in [-0.1, -0.05) is 11.3 Å². The van der Waals surface area contributed by atoms with Gasteiger partial charge in [0.15, 0.2) is 3.95 Å². The van der Waals surface area contributed by atoms with E-state index in [0.717, 1.165) is 21.0 Å². The Morgan fingerprint density at radius 3 is 3.00 bits per heavy atom. The van der Waals surface area contributed by atoms with Crippen LogP contribution in [0.1, 0.15) is 0 Å². The molecule has 0 atom stereocenters. The number of aromatic amines is 1. The number of halogens is 1. The molecule has 0 saturated carbocycles. The van der Waals surface area contributed by atoms with Gasteiger partial charge in [0.05, 0.1) is 12.8 Å². The van der Waals surface area contributed by atoms with Crippen LogP contribution in [0, 0.1) is 3.95 Å². The third kappa shape index (κ3) is 2.60. The molecule has 0 aliphatic rings. The molecule has 2 aromatic rings. The lowest BCUT2D eigenvalue weighted by Gasteiger charge is -2.07. The number of H-pyrrole nitrogens is 1. The van der Waals surface area contributed by atoms with Crippen molar-refractivity contribution < 1.29 is 4.74 Å². The Bertz CT molecular complexity index is 552. The van der Waals surface area contributed by atoms with Crippen molar-refractivity contribution in [2.45, 2.75) is 0 Å². The molecule has 4 nitrogen and oxygen atoms in total. The molecule has 0 amide bonds. The number of ether oxygens (including phenoxy) is 1. The van der Waals surface area contributed by atoms with Crippen LogP contribution in [0.15, 0.2) is 22.7 Å². The second-order valence-corrected chi connectivity index (χ2v) is 5.41. The quantitative estimate of drug-likeness (QED) is 0.847. The van der Waals surface area contributed by atoms with Gasteiger partial charge in [0.25, 0.3) is 0 Å². The number of methoxy groups -OCH3 is 1. The monoisotopic (exact) mass is 317 g/mol. The Hall–Kier alpha value is -0.920. The minimum Gasteiger partial charge on any atom is -0.497 e. The SMILES string of the molecule is COc1ccc(Br)c(Nc2n[nH]c(=S)s2)c1. The van der Waals surface area contributed by atoms with Gasteiger partial charge >= 0.3 is 0 Å². The lowest BCUT2D eigenvalue weighted by Crippen LogP contribution is -1.92. The first kappa shape index (κ1) is 11.6. The molecule has 0 aliphatic heterocycles. The van der Waals surface area contributed by atoms with Crippen molar-refractivity contribution in [2.75, 3.05) is 12.4 Å². The normalized spacial score (nSPS) is 10.1. The average Bonchev–Trinajstić information content (AvgIpc) is 2.67. The van der Waals surface area contributed by atoms with Crippen LogP contribution in [-0.4, -0.2) is 17.3 Å². The number of nitrogens with zero attached hydrogens (tertiary/aromatic N) is 1. The lowest BCUT2D eigenvalue weighted by molar-refractivity contribution is 0.415. The number of nitrogens with one attached hydrogen (secondary N) is 2. The molecular formula is C9H8BrN3OS2. The van der Waals surface area contributed by atoms with E-state index in [9.17, 15) is 0 Å². The summed E-state index contributed by atoms with van der Waals surface area (Å²) in [5.41, 5.74) is 0.886. The predicted molar refractivity (Wildman–Crippen MR) is 71.3 cm³/mol. The van der Waals surface area contributed by atoms with Gasteiger partial charge in [0, 0.05) is 10.5 Å². The summed E-state index contributed by atoms with van der Waals surface area (Å²) >= 11 is 9.78. The minimum absolute atomic E-state index is 0.640. The number of hydrogen-bond acceptors (Lipinski definition) is 5. The van der Waals surface area contributed by atoms with Gasteiger partial charge in [-0.2, -0.15) is 0 Å². The molecule has 0 unspecified atom stereocenters. The average molecular weight is 318 g/mol. The van der Waals surface area contributed by atoms with Crippen LogP contribution in [0.25, 0.3) is 0 Å². The summed E-state index contributed by atoms with van der Waals surface area (Å²) in [5, 5.41) is 10.6. The topological polar surface area (TPSA) is 49.9 Å². The fraction of sp³-hybridized carbons (Fsp3) is 0.111. The summed E-state index contributed by atoms with van der Waals surface area (Å²) < 4.78 is 6.73. The van der Waals surface area contributed by atoms with Gasteiger partial charge in [0.1, 0.15) is 5.75 Å². The van der Waals surface area contributed by atoms with Gasteiger partial charge in [-0.15, -0.1) is 5.10 Å². The minimum atomic E-state index is 0.640. The summed E-state index contributed by atoms with van der Waals surface area (Å²) in [5.74, 6) is 0.782. The first-order valence-corrected chi connectivity index (χ1v) is 6.37. The van der Waals surface area contributed by atoms with E-state index in [-0.39, 0.29) is 0 Å². The third-order valence-corrected chi connectivity index (χ3v) is 3.55. The summed E-state index contributed by atoms with van der Waals surface area (Å²) in [6.45, 7) is 0. The van der Waals surface area contributed by atoms with Gasteiger partial charge in [0.2, 0.25) is 5.13 Å². The zero-order chi connectivity index (χ0) is 11.5. The number of anilines is 2. The zero-order valence-electron chi connectivity index (χ0n) is 8.28. The second kappa shape index (κ2) is 4.94. The third-order valence-electron chi connectivity index (χ3n) is 1.85. The van der Waals surface area contributed by atoms with Crippen molar-refractivity contribution >= 4 is 50.3 Å². The molecule has 2 rings (SSSR count). The Morgan fingerprint density at radius 2 is 2.38 bits per heavy atom. The molecule has 1 heterocycles. The van der Waals surface area contributed by atoms with Crippen LogP contribution in [0.4, 0.5) is 10.8 Å². The first-order valence-electron chi connectivity index (χ1n) is 4.35. The van der Waals surface area contributed by atoms with E-state index < -0.39 is 0 Å². The van der Waals surface area contributed by atoms with Crippen molar-refractivity contribution in [3.8, 4) is 5.75 Å². The van der Waals surface area contributed by atoms with Gasteiger partial charge in [-0.05, 0) is 40.3 Å². The molecule has 7 heteroatoms. The molecule has 0 bridgehead atoms. The molecule has 84 valence electrons. The highest BCUT2D eigenvalue weighted by Crippen LogP contribution is 2.30. The zero-order valence-corrected chi connectivity index (χ0v) is 11.5. The lowest BCUT2D eigenvalue weighted by atomic mass is 10.3. The van der Waals surface area contributed by atoms with E-state index in [0.29, 0.717) is 3.95 Å². The Kier molecular flexibility index (Phi) is 3.57. The largest absolute Gasteiger partial charge is 0.497 e. The van der Waals surface area contributed by atoms with Crippen molar-refractivity contribution in [1.82, 2.24) is 10.2 Å². The van der Waals surface area contributed by atoms with Crippen molar-refractivity contribution in [1.29, 1.82) is 0 Å². The summed E-state index contributed by atoms with van der Waals surface area (Å²) in [7, 11) is 1.63. The molecule has 0 fully saturated rings. The molecule has 2 N–H and O–H groups in total. The molecule has 0 spiro atoms. The summed E-state index contributed by atoms with van der Waals surface area (Å²) in [4.78, 5) is 0. The molecular weight excluding hydrogens is 310 g/mol. The van der Waals surface area contributed by atoms with Crippen LogP contribution in [0.5, 0.6) is 5.75 Å². The molecule has 16 heavy (non-hydrogen) atoms. The van der Waals surface area contributed by atoms with Crippen LogP contribution in [0.2, 0.25) is 0 Å². The number of aromatic nitrogens is 2. The highest BCUT2D eigenvalue weighted by atomic mass is 79.9. The van der Waals surface area contributed by atoms with Crippen LogP contribution in [0.3, 0.4) is 0 Å². The van der Waals surface area contributed by atoms with E-state index in [4.69, 9.17) is 17.0 Å². The van der Waals surface area contributed by atoms with E-state index >= 15 is 0 Å². The fourth-order valence-electron chi connectivity index (χ4n) is 1.13. The second-order valence-electron chi connectivity index (χ2n) is 2.89. The van der Waals surface area contributed by atoms with Gasteiger partial charge in [-0.25, -0.2) is 0 Å². The van der Waals surface area contributed by atoms with E-state index in [2.05, 4.69) is 31.4 Å². The molecule has 1 aromatic heterocycles. The predicted octanol–water partition coefficient (Wildman–Crippen LogP) is 3.72. The standard InChI is InChI=1S/C9H8BrN3OS2/c1-14-5-2-3-6(10)7(4-5)11-8-12-13-9(15)16-8/h2-4H,1H3,(H,11,12)(H,13,15). The molecule has 1 aromatic carbocycles. The summed E-state index contributed by atoms with van der Waals surface area (Å²) in [6, 6.07) is 5.67. The van der Waals surface area contributed by atoms with E-state index in [1.807, 2.05) is 18.2 Å². The number of benzene rings is 1. The molecule has 0 aliphatic carbocycles. The van der Waals surface area contributed by atoms with Crippen LogP contribution < -0.4 is 10.1 Å². The van der Waals surface area contributed by atoms with Gasteiger partial charge in [-0.3, -0.25) is 5.10 Å². The number of rotatable bonds is 3. The Balaban J connectivity index is 2.29.